The minimum atomic E-state index is 0.776. The maximum Gasteiger partial charge on any atom is 0.133 e. The number of ether oxygens (including phenoxy) is 1. The number of hydrogen-bond acceptors (Lipinski definition) is 3. The van der Waals surface area contributed by atoms with Crippen molar-refractivity contribution in [2.75, 3.05) is 11.6 Å². The van der Waals surface area contributed by atoms with Gasteiger partial charge in [-0.3, -0.25) is 0 Å². The van der Waals surface area contributed by atoms with Crippen LogP contribution >= 0.6 is 0 Å². The molecule has 2 aromatic carbocycles. The Balaban J connectivity index is 2.07. The summed E-state index contributed by atoms with van der Waals surface area (Å²) in [6, 6.07) is 14.2. The lowest BCUT2D eigenvalue weighted by molar-refractivity contribution is 0.460. The van der Waals surface area contributed by atoms with Gasteiger partial charge in [-0.15, -0.1) is 0 Å². The van der Waals surface area contributed by atoms with Crippen LogP contribution in [0.25, 0.3) is 0 Å². The van der Waals surface area contributed by atoms with Crippen molar-refractivity contribution < 1.29 is 4.74 Å². The lowest BCUT2D eigenvalue weighted by atomic mass is 9.98. The average Bonchev–Trinajstić information content (AvgIpc) is 2.43. The van der Waals surface area contributed by atoms with E-state index in [0.717, 1.165) is 30.2 Å². The van der Waals surface area contributed by atoms with Crippen LogP contribution in [0.2, 0.25) is 0 Å². The molecule has 0 aromatic heterocycles. The summed E-state index contributed by atoms with van der Waals surface area (Å²) < 4.78 is 5.93. The molecule has 3 heteroatoms. The van der Waals surface area contributed by atoms with E-state index in [1.165, 1.54) is 11.1 Å². The fourth-order valence-electron chi connectivity index (χ4n) is 2.33. The Morgan fingerprint density at radius 3 is 2.72 bits per heavy atom. The zero-order chi connectivity index (χ0) is 12.5. The molecule has 0 bridgehead atoms. The fourth-order valence-corrected chi connectivity index (χ4v) is 2.33. The molecule has 1 heterocycles. The first kappa shape index (κ1) is 11.1. The van der Waals surface area contributed by atoms with Gasteiger partial charge in [0.15, 0.2) is 0 Å². The van der Waals surface area contributed by atoms with E-state index in [1.54, 1.807) is 5.01 Å². The minimum absolute atomic E-state index is 0.776. The summed E-state index contributed by atoms with van der Waals surface area (Å²) in [5.74, 6) is 7.87. The van der Waals surface area contributed by atoms with Crippen molar-refractivity contribution in [2.24, 2.45) is 5.84 Å². The van der Waals surface area contributed by atoms with Crippen molar-refractivity contribution in [3.05, 3.63) is 53.6 Å². The van der Waals surface area contributed by atoms with Crippen LogP contribution in [0.1, 0.15) is 18.1 Å². The number of hydrazine groups is 1. The second kappa shape index (κ2) is 4.35. The fraction of sp³-hybridized carbons (Fsp3) is 0.200. The molecule has 2 N–H and O–H groups in total. The van der Waals surface area contributed by atoms with Gasteiger partial charge in [0.2, 0.25) is 0 Å². The van der Waals surface area contributed by atoms with E-state index in [0.29, 0.717) is 0 Å². The Bertz CT molecular complexity index is 580. The van der Waals surface area contributed by atoms with Crippen LogP contribution in [0.5, 0.6) is 11.5 Å². The minimum Gasteiger partial charge on any atom is -0.457 e. The zero-order valence-electron chi connectivity index (χ0n) is 10.4. The van der Waals surface area contributed by atoms with Gasteiger partial charge in [-0.25, -0.2) is 5.84 Å². The quantitative estimate of drug-likeness (QED) is 0.552. The maximum atomic E-state index is 6.02. The number of nitrogens with two attached hydrogens (primary N) is 1. The molecule has 0 saturated carbocycles. The van der Waals surface area contributed by atoms with E-state index < -0.39 is 0 Å². The van der Waals surface area contributed by atoms with E-state index >= 15 is 0 Å². The van der Waals surface area contributed by atoms with Crippen LogP contribution in [-0.2, 0) is 6.42 Å². The summed E-state index contributed by atoms with van der Waals surface area (Å²) in [4.78, 5) is 0. The highest BCUT2D eigenvalue weighted by Gasteiger charge is 2.20. The highest BCUT2D eigenvalue weighted by atomic mass is 16.5. The molecule has 0 spiro atoms. The third-order valence-electron chi connectivity index (χ3n) is 3.32. The summed E-state index contributed by atoms with van der Waals surface area (Å²) in [5, 5.41) is 1.76. The number of fused-ring (bicyclic) bond motifs is 2. The lowest BCUT2D eigenvalue weighted by Crippen LogP contribution is -2.31. The third-order valence-corrected chi connectivity index (χ3v) is 3.32. The summed E-state index contributed by atoms with van der Waals surface area (Å²) in [6.07, 6.45) is 0.870. The number of anilines is 1. The second-order valence-corrected chi connectivity index (χ2v) is 4.43. The van der Waals surface area contributed by atoms with Crippen molar-refractivity contribution in [3.8, 4) is 11.5 Å². The first-order chi connectivity index (χ1) is 8.79. The lowest BCUT2D eigenvalue weighted by Gasteiger charge is -2.26. The molecule has 1 aliphatic rings. The molecular formula is C15H16N2O. The molecule has 3 nitrogen and oxygen atoms in total. The highest BCUT2D eigenvalue weighted by Crippen LogP contribution is 2.40. The number of hydrogen-bond donors (Lipinski definition) is 1. The Hall–Kier alpha value is -2.00. The van der Waals surface area contributed by atoms with Crippen LogP contribution in [0.15, 0.2) is 42.5 Å². The summed E-state index contributed by atoms with van der Waals surface area (Å²) in [6.45, 7) is 2.81. The van der Waals surface area contributed by atoms with Crippen LogP contribution in [0.4, 0.5) is 5.69 Å². The monoisotopic (exact) mass is 240 g/mol. The maximum absolute atomic E-state index is 6.02. The van der Waals surface area contributed by atoms with E-state index in [2.05, 4.69) is 6.07 Å². The van der Waals surface area contributed by atoms with Gasteiger partial charge in [0.25, 0.3) is 0 Å². The van der Waals surface area contributed by atoms with Gasteiger partial charge >= 0.3 is 0 Å². The normalized spacial score (nSPS) is 12.3. The van der Waals surface area contributed by atoms with Gasteiger partial charge in [0, 0.05) is 18.5 Å². The average molecular weight is 240 g/mol. The molecule has 18 heavy (non-hydrogen) atoms. The number of nitrogens with zero attached hydrogens (tertiary/aromatic N) is 1. The Labute approximate surface area is 107 Å². The summed E-state index contributed by atoms with van der Waals surface area (Å²) in [7, 11) is 0. The summed E-state index contributed by atoms with van der Waals surface area (Å²) in [5.41, 5.74) is 3.42. The van der Waals surface area contributed by atoms with E-state index in [9.17, 15) is 0 Å². The molecule has 3 rings (SSSR count). The Morgan fingerprint density at radius 1 is 1.11 bits per heavy atom. The van der Waals surface area contributed by atoms with Crippen LogP contribution in [0, 0.1) is 0 Å². The Morgan fingerprint density at radius 2 is 1.89 bits per heavy atom. The smallest absolute Gasteiger partial charge is 0.133 e. The van der Waals surface area contributed by atoms with Gasteiger partial charge in [0.05, 0.1) is 5.69 Å². The third kappa shape index (κ3) is 1.73. The molecule has 0 atom stereocenters. The van der Waals surface area contributed by atoms with E-state index in [-0.39, 0.29) is 0 Å². The SMILES string of the molecule is CCN(N)c1cccc2c1Cc1ccccc1O2. The van der Waals surface area contributed by atoms with Gasteiger partial charge in [-0.1, -0.05) is 24.3 Å². The largest absolute Gasteiger partial charge is 0.457 e. The second-order valence-electron chi connectivity index (χ2n) is 4.43. The molecule has 0 amide bonds. The van der Waals surface area contributed by atoms with Crippen molar-refractivity contribution in [1.82, 2.24) is 0 Å². The van der Waals surface area contributed by atoms with Crippen molar-refractivity contribution in [1.29, 1.82) is 0 Å². The van der Waals surface area contributed by atoms with Crippen LogP contribution < -0.4 is 15.6 Å². The molecule has 0 unspecified atom stereocenters. The predicted molar refractivity (Wildman–Crippen MR) is 73.0 cm³/mol. The van der Waals surface area contributed by atoms with Crippen molar-refractivity contribution >= 4 is 5.69 Å². The molecule has 1 aliphatic heterocycles. The zero-order valence-corrected chi connectivity index (χ0v) is 10.4. The summed E-state index contributed by atoms with van der Waals surface area (Å²) >= 11 is 0. The molecule has 2 aromatic rings. The standard InChI is InChI=1S/C15H16N2O/c1-2-17(16)13-7-5-9-15-12(13)10-11-6-3-4-8-14(11)18-15/h3-9H,2,10,16H2,1H3. The van der Waals surface area contributed by atoms with Crippen LogP contribution in [-0.4, -0.2) is 6.54 Å². The van der Waals surface area contributed by atoms with E-state index in [1.807, 2.05) is 43.3 Å². The van der Waals surface area contributed by atoms with Gasteiger partial charge in [-0.05, 0) is 30.7 Å². The van der Waals surface area contributed by atoms with Crippen molar-refractivity contribution in [3.63, 3.8) is 0 Å². The van der Waals surface area contributed by atoms with Crippen molar-refractivity contribution in [2.45, 2.75) is 13.3 Å². The molecule has 92 valence electrons. The Kier molecular flexibility index (Phi) is 2.68. The highest BCUT2D eigenvalue weighted by molar-refractivity contribution is 5.63. The molecule has 0 radical (unpaired) electrons. The number of rotatable bonds is 2. The first-order valence-corrected chi connectivity index (χ1v) is 6.19. The molecular weight excluding hydrogens is 224 g/mol. The predicted octanol–water partition coefficient (Wildman–Crippen LogP) is 3.08. The molecule has 0 aliphatic carbocycles. The molecule has 0 saturated heterocycles. The first-order valence-electron chi connectivity index (χ1n) is 6.19. The topological polar surface area (TPSA) is 38.5 Å². The van der Waals surface area contributed by atoms with Gasteiger partial charge in [-0.2, -0.15) is 0 Å². The van der Waals surface area contributed by atoms with Gasteiger partial charge in [0.1, 0.15) is 11.5 Å². The van der Waals surface area contributed by atoms with Gasteiger partial charge < -0.3 is 9.75 Å². The number of benzene rings is 2. The van der Waals surface area contributed by atoms with E-state index in [4.69, 9.17) is 10.6 Å². The number of para-hydroxylation sites is 1. The van der Waals surface area contributed by atoms with Crippen LogP contribution in [0.3, 0.4) is 0 Å². The molecule has 0 fully saturated rings.